The van der Waals surface area contributed by atoms with Gasteiger partial charge in [-0.2, -0.15) is 0 Å². The SMILES string of the molecule is CC(C)c1cc(N)c2cc(NC(=O)c3ccccc3COc3ccc(F)cc3F)ccc2n1. The first-order chi connectivity index (χ1) is 15.8. The number of nitrogens with one attached hydrogen (secondary N) is 1. The van der Waals surface area contributed by atoms with E-state index in [1.54, 1.807) is 36.4 Å². The van der Waals surface area contributed by atoms with Crippen molar-refractivity contribution in [3.05, 3.63) is 95.2 Å². The minimum Gasteiger partial charge on any atom is -0.486 e. The zero-order valence-electron chi connectivity index (χ0n) is 18.2. The van der Waals surface area contributed by atoms with E-state index in [1.807, 2.05) is 26.0 Å². The molecule has 5 nitrogen and oxygen atoms in total. The van der Waals surface area contributed by atoms with E-state index in [-0.39, 0.29) is 24.2 Å². The zero-order valence-corrected chi connectivity index (χ0v) is 18.2. The van der Waals surface area contributed by atoms with Crippen molar-refractivity contribution in [1.29, 1.82) is 0 Å². The summed E-state index contributed by atoms with van der Waals surface area (Å²) in [6.45, 7) is 4.04. The summed E-state index contributed by atoms with van der Waals surface area (Å²) in [6.07, 6.45) is 0. The van der Waals surface area contributed by atoms with E-state index in [1.165, 1.54) is 6.07 Å². The Kier molecular flexibility index (Phi) is 6.22. The molecule has 0 fully saturated rings. The summed E-state index contributed by atoms with van der Waals surface area (Å²) in [4.78, 5) is 17.6. The molecule has 0 aliphatic carbocycles. The molecule has 168 valence electrons. The fourth-order valence-electron chi connectivity index (χ4n) is 3.46. The average molecular weight is 447 g/mol. The third-order valence-corrected chi connectivity index (χ3v) is 5.25. The molecular weight excluding hydrogens is 424 g/mol. The number of nitrogens with zero attached hydrogens (tertiary/aromatic N) is 1. The van der Waals surface area contributed by atoms with Gasteiger partial charge in [-0.05, 0) is 48.4 Å². The third kappa shape index (κ3) is 4.92. The second-order valence-electron chi connectivity index (χ2n) is 8.00. The number of ether oxygens (including phenoxy) is 1. The maximum Gasteiger partial charge on any atom is 0.256 e. The summed E-state index contributed by atoms with van der Waals surface area (Å²) < 4.78 is 32.5. The molecule has 4 aromatic rings. The van der Waals surface area contributed by atoms with E-state index < -0.39 is 11.6 Å². The Bertz CT molecular complexity index is 1340. The number of aromatic nitrogens is 1. The van der Waals surface area contributed by atoms with Crippen LogP contribution in [0, 0.1) is 11.6 Å². The van der Waals surface area contributed by atoms with Gasteiger partial charge in [0.1, 0.15) is 12.4 Å². The summed E-state index contributed by atoms with van der Waals surface area (Å²) in [7, 11) is 0. The molecule has 0 unspecified atom stereocenters. The highest BCUT2D eigenvalue weighted by Crippen LogP contribution is 2.27. The van der Waals surface area contributed by atoms with Crippen molar-refractivity contribution in [2.75, 3.05) is 11.1 Å². The van der Waals surface area contributed by atoms with Crippen LogP contribution in [0.15, 0.2) is 66.7 Å². The summed E-state index contributed by atoms with van der Waals surface area (Å²) in [6, 6.07) is 17.1. The summed E-state index contributed by atoms with van der Waals surface area (Å²) in [5.74, 6) is -1.69. The standard InChI is InChI=1S/C26H23F2N3O2/c1-15(2)24-13-22(29)20-12-18(8-9-23(20)31-24)30-26(32)19-6-4-3-5-16(19)14-33-25-10-7-17(27)11-21(25)28/h3-13,15H,14H2,1-2H3,(H2,29,31)(H,30,32). The number of anilines is 2. The number of carbonyl (C=O) groups is 1. The van der Waals surface area contributed by atoms with Gasteiger partial charge in [-0.15, -0.1) is 0 Å². The van der Waals surface area contributed by atoms with Gasteiger partial charge in [0.2, 0.25) is 0 Å². The largest absolute Gasteiger partial charge is 0.486 e. The van der Waals surface area contributed by atoms with Crippen molar-refractivity contribution in [2.24, 2.45) is 0 Å². The molecule has 33 heavy (non-hydrogen) atoms. The molecule has 1 amide bonds. The van der Waals surface area contributed by atoms with Gasteiger partial charge in [0.25, 0.3) is 5.91 Å². The molecule has 0 saturated heterocycles. The van der Waals surface area contributed by atoms with E-state index in [0.29, 0.717) is 22.5 Å². The predicted octanol–water partition coefficient (Wildman–Crippen LogP) is 6.05. The minimum atomic E-state index is -0.806. The highest BCUT2D eigenvalue weighted by Gasteiger charge is 2.14. The Balaban J connectivity index is 1.54. The van der Waals surface area contributed by atoms with Crippen LogP contribution in [0.2, 0.25) is 0 Å². The number of nitrogen functional groups attached to an aromatic ring is 1. The molecule has 0 saturated carbocycles. The van der Waals surface area contributed by atoms with Crippen LogP contribution in [0.25, 0.3) is 10.9 Å². The number of nitrogens with two attached hydrogens (primary N) is 1. The lowest BCUT2D eigenvalue weighted by Crippen LogP contribution is -2.15. The fourth-order valence-corrected chi connectivity index (χ4v) is 3.46. The molecule has 0 aliphatic rings. The molecule has 1 heterocycles. The number of pyridine rings is 1. The first kappa shape index (κ1) is 22.2. The van der Waals surface area contributed by atoms with E-state index in [0.717, 1.165) is 28.7 Å². The number of rotatable bonds is 6. The molecule has 0 atom stereocenters. The van der Waals surface area contributed by atoms with Crippen LogP contribution in [0.3, 0.4) is 0 Å². The molecule has 0 bridgehead atoms. The molecule has 3 N–H and O–H groups in total. The van der Waals surface area contributed by atoms with Crippen molar-refractivity contribution < 1.29 is 18.3 Å². The minimum absolute atomic E-state index is 0.0568. The maximum atomic E-state index is 13.9. The van der Waals surface area contributed by atoms with Crippen LogP contribution < -0.4 is 15.8 Å². The van der Waals surface area contributed by atoms with Gasteiger partial charge in [-0.1, -0.05) is 32.0 Å². The topological polar surface area (TPSA) is 77.2 Å². The number of fused-ring (bicyclic) bond motifs is 1. The van der Waals surface area contributed by atoms with Crippen LogP contribution in [0.4, 0.5) is 20.2 Å². The number of carbonyl (C=O) groups excluding carboxylic acids is 1. The number of amides is 1. The van der Waals surface area contributed by atoms with Gasteiger partial charge < -0.3 is 15.8 Å². The number of hydrogen-bond donors (Lipinski definition) is 2. The van der Waals surface area contributed by atoms with Gasteiger partial charge in [-0.3, -0.25) is 9.78 Å². The molecule has 0 radical (unpaired) electrons. The highest BCUT2D eigenvalue weighted by molar-refractivity contribution is 6.06. The molecular formula is C26H23F2N3O2. The van der Waals surface area contributed by atoms with E-state index in [9.17, 15) is 13.6 Å². The quantitative estimate of drug-likeness (QED) is 0.377. The van der Waals surface area contributed by atoms with E-state index >= 15 is 0 Å². The van der Waals surface area contributed by atoms with Crippen molar-refractivity contribution in [2.45, 2.75) is 26.4 Å². The smallest absolute Gasteiger partial charge is 0.256 e. The van der Waals surface area contributed by atoms with Crippen LogP contribution in [0.1, 0.15) is 41.4 Å². The molecule has 4 rings (SSSR count). The van der Waals surface area contributed by atoms with Gasteiger partial charge >= 0.3 is 0 Å². The Morgan fingerprint density at radius 1 is 1.06 bits per heavy atom. The van der Waals surface area contributed by atoms with Gasteiger partial charge in [0, 0.05) is 39.6 Å². The third-order valence-electron chi connectivity index (χ3n) is 5.25. The lowest BCUT2D eigenvalue weighted by atomic mass is 10.1. The Hall–Kier alpha value is -4.00. The average Bonchev–Trinajstić information content (AvgIpc) is 2.79. The summed E-state index contributed by atoms with van der Waals surface area (Å²) in [5, 5.41) is 3.62. The monoisotopic (exact) mass is 447 g/mol. The van der Waals surface area contributed by atoms with Gasteiger partial charge in [-0.25, -0.2) is 8.78 Å². The molecule has 0 aliphatic heterocycles. The van der Waals surface area contributed by atoms with Crippen LogP contribution in [0.5, 0.6) is 5.75 Å². The van der Waals surface area contributed by atoms with Crippen LogP contribution in [-0.4, -0.2) is 10.9 Å². The second kappa shape index (κ2) is 9.24. The van der Waals surface area contributed by atoms with Crippen LogP contribution in [-0.2, 0) is 6.61 Å². The molecule has 0 spiro atoms. The lowest BCUT2D eigenvalue weighted by Gasteiger charge is -2.13. The Labute approximate surface area is 190 Å². The van der Waals surface area contributed by atoms with Crippen molar-refractivity contribution in [3.8, 4) is 5.75 Å². The zero-order chi connectivity index (χ0) is 23.5. The second-order valence-corrected chi connectivity index (χ2v) is 8.00. The van der Waals surface area contributed by atoms with Gasteiger partial charge in [0.15, 0.2) is 11.6 Å². The summed E-state index contributed by atoms with van der Waals surface area (Å²) in [5.41, 5.74) is 9.98. The molecule has 3 aromatic carbocycles. The highest BCUT2D eigenvalue weighted by atomic mass is 19.1. The van der Waals surface area contributed by atoms with Gasteiger partial charge in [0.05, 0.1) is 5.52 Å². The lowest BCUT2D eigenvalue weighted by molar-refractivity contribution is 0.102. The van der Waals surface area contributed by atoms with E-state index in [2.05, 4.69) is 10.3 Å². The predicted molar refractivity (Wildman–Crippen MR) is 125 cm³/mol. The number of benzene rings is 3. The number of hydrogen-bond acceptors (Lipinski definition) is 4. The van der Waals surface area contributed by atoms with E-state index in [4.69, 9.17) is 10.5 Å². The molecule has 1 aromatic heterocycles. The van der Waals surface area contributed by atoms with Crippen molar-refractivity contribution >= 4 is 28.2 Å². The first-order valence-electron chi connectivity index (χ1n) is 10.5. The first-order valence-corrected chi connectivity index (χ1v) is 10.5. The Morgan fingerprint density at radius 2 is 1.85 bits per heavy atom. The normalized spacial score (nSPS) is 11.1. The number of halogens is 2. The van der Waals surface area contributed by atoms with Crippen molar-refractivity contribution in [3.63, 3.8) is 0 Å². The summed E-state index contributed by atoms with van der Waals surface area (Å²) >= 11 is 0. The molecule has 7 heteroatoms. The van der Waals surface area contributed by atoms with Crippen molar-refractivity contribution in [1.82, 2.24) is 4.98 Å². The Morgan fingerprint density at radius 3 is 2.61 bits per heavy atom. The fraction of sp³-hybridized carbons (Fsp3) is 0.154. The maximum absolute atomic E-state index is 13.9. The van der Waals surface area contributed by atoms with Crippen LogP contribution >= 0.6 is 0 Å².